The molecule has 1 saturated heterocycles. The standard InChI is InChI=1S/C20H19N3O3/c24-17-21(10-4-2-1-3-5-10)18(25)23-16-13-11-12(13)15(22(17)23)19-6-8-26-9-7-20(16,19)14(11)19/h1-5,11-16H,6-9H2/t11?,12-,13-,14?,15+,16+,19-,20+/m0/s1. The molecule has 1 aromatic carbocycles. The Kier molecular flexibility index (Phi) is 1.78. The number of rotatable bonds is 1. The van der Waals surface area contributed by atoms with E-state index in [0.29, 0.717) is 17.5 Å². The Morgan fingerprint density at radius 1 is 0.846 bits per heavy atom. The largest absolute Gasteiger partial charge is 0.381 e. The molecule has 26 heavy (non-hydrogen) atoms. The summed E-state index contributed by atoms with van der Waals surface area (Å²) in [4.78, 5) is 26.8. The molecule has 132 valence electrons. The molecule has 2 bridgehead atoms. The van der Waals surface area contributed by atoms with E-state index in [1.807, 2.05) is 39.7 Å². The van der Waals surface area contributed by atoms with Gasteiger partial charge in [0, 0.05) is 24.0 Å². The van der Waals surface area contributed by atoms with E-state index in [4.69, 9.17) is 4.74 Å². The minimum absolute atomic E-state index is 0.138. The van der Waals surface area contributed by atoms with Crippen LogP contribution in [0.15, 0.2) is 39.9 Å². The lowest BCUT2D eigenvalue weighted by Crippen LogP contribution is -2.52. The minimum atomic E-state index is -0.138. The van der Waals surface area contributed by atoms with E-state index in [-0.39, 0.29) is 34.3 Å². The second-order valence-corrected chi connectivity index (χ2v) is 9.22. The van der Waals surface area contributed by atoms with Crippen LogP contribution >= 0.6 is 0 Å². The van der Waals surface area contributed by atoms with Crippen molar-refractivity contribution < 1.29 is 4.74 Å². The summed E-state index contributed by atoms with van der Waals surface area (Å²) in [5, 5.41) is 0. The van der Waals surface area contributed by atoms with Crippen LogP contribution in [0, 0.1) is 34.5 Å². The lowest BCUT2D eigenvalue weighted by atomic mass is 9.69. The summed E-state index contributed by atoms with van der Waals surface area (Å²) in [6.07, 6.45) is 2.13. The molecule has 4 saturated carbocycles. The van der Waals surface area contributed by atoms with E-state index in [1.165, 1.54) is 4.57 Å². The molecule has 2 aromatic rings. The molecule has 9 rings (SSSR count). The van der Waals surface area contributed by atoms with Crippen LogP contribution in [0.2, 0.25) is 0 Å². The highest BCUT2D eigenvalue weighted by Gasteiger charge is 3.02. The van der Waals surface area contributed by atoms with Crippen molar-refractivity contribution >= 4 is 0 Å². The molecule has 6 heteroatoms. The van der Waals surface area contributed by atoms with Crippen molar-refractivity contribution in [2.45, 2.75) is 24.9 Å². The molecule has 2 unspecified atom stereocenters. The molecule has 4 heterocycles. The van der Waals surface area contributed by atoms with Crippen LogP contribution in [0.5, 0.6) is 0 Å². The summed E-state index contributed by atoms with van der Waals surface area (Å²) >= 11 is 0. The lowest BCUT2D eigenvalue weighted by Gasteiger charge is -2.47. The van der Waals surface area contributed by atoms with Crippen LogP contribution in [0.4, 0.5) is 0 Å². The van der Waals surface area contributed by atoms with Crippen LogP contribution < -0.4 is 11.4 Å². The highest BCUT2D eigenvalue weighted by atomic mass is 16.5. The number of benzene rings is 1. The van der Waals surface area contributed by atoms with E-state index < -0.39 is 0 Å². The van der Waals surface area contributed by atoms with Gasteiger partial charge in [-0.25, -0.2) is 23.5 Å². The van der Waals surface area contributed by atoms with Gasteiger partial charge in [-0.15, -0.1) is 0 Å². The molecule has 1 aromatic heterocycles. The van der Waals surface area contributed by atoms with Crippen molar-refractivity contribution in [1.82, 2.24) is 13.9 Å². The van der Waals surface area contributed by atoms with Crippen molar-refractivity contribution in [2.24, 2.45) is 34.5 Å². The molecule has 0 radical (unpaired) electrons. The highest BCUT2D eigenvalue weighted by Crippen LogP contribution is 3.03. The number of hydrogen-bond acceptors (Lipinski definition) is 3. The minimum Gasteiger partial charge on any atom is -0.381 e. The fourth-order valence-corrected chi connectivity index (χ4v) is 8.84. The van der Waals surface area contributed by atoms with Crippen LogP contribution in [0.25, 0.3) is 5.69 Å². The third kappa shape index (κ3) is 0.942. The monoisotopic (exact) mass is 349 g/mol. The fourth-order valence-electron chi connectivity index (χ4n) is 8.84. The fraction of sp³-hybridized carbons (Fsp3) is 0.600. The smallest absolute Gasteiger partial charge is 0.352 e. The van der Waals surface area contributed by atoms with E-state index in [1.54, 1.807) is 0 Å². The molecule has 2 spiro atoms. The number of para-hydroxylation sites is 1. The average molecular weight is 349 g/mol. The zero-order valence-corrected chi connectivity index (χ0v) is 14.2. The number of hydrogen-bond donors (Lipinski definition) is 0. The topological polar surface area (TPSA) is 58.2 Å². The van der Waals surface area contributed by atoms with E-state index in [2.05, 4.69) is 0 Å². The van der Waals surface area contributed by atoms with Crippen LogP contribution in [0.1, 0.15) is 24.9 Å². The molecule has 5 fully saturated rings. The van der Waals surface area contributed by atoms with Gasteiger partial charge in [-0.3, -0.25) is 0 Å². The molecular formula is C20H19N3O3. The summed E-state index contributed by atoms with van der Waals surface area (Å²) < 4.78 is 11.0. The van der Waals surface area contributed by atoms with Gasteiger partial charge in [0.1, 0.15) is 0 Å². The van der Waals surface area contributed by atoms with Gasteiger partial charge in [0.2, 0.25) is 0 Å². The zero-order chi connectivity index (χ0) is 17.0. The lowest BCUT2D eigenvalue weighted by molar-refractivity contribution is -0.00192. The summed E-state index contributed by atoms with van der Waals surface area (Å²) in [5.74, 6) is 2.77. The Hall–Kier alpha value is -2.08. The van der Waals surface area contributed by atoms with Gasteiger partial charge in [-0.05, 0) is 48.6 Å². The molecule has 6 nitrogen and oxygen atoms in total. The molecular weight excluding hydrogens is 330 g/mol. The first kappa shape index (κ1) is 13.1. The van der Waals surface area contributed by atoms with Gasteiger partial charge in [0.05, 0.1) is 17.8 Å². The molecule has 3 aliphatic heterocycles. The normalized spacial score (nSPS) is 50.2. The van der Waals surface area contributed by atoms with Gasteiger partial charge in [0.15, 0.2) is 0 Å². The Morgan fingerprint density at radius 3 is 2.00 bits per heavy atom. The second kappa shape index (κ2) is 3.52. The Bertz CT molecular complexity index is 1060. The molecule has 4 aliphatic carbocycles. The predicted octanol–water partition coefficient (Wildman–Crippen LogP) is 1.20. The molecule has 8 atom stereocenters. The van der Waals surface area contributed by atoms with Crippen molar-refractivity contribution in [2.75, 3.05) is 13.2 Å². The van der Waals surface area contributed by atoms with E-state index in [9.17, 15) is 9.59 Å². The van der Waals surface area contributed by atoms with Crippen molar-refractivity contribution in [1.29, 1.82) is 0 Å². The Balaban J connectivity index is 1.45. The maximum Gasteiger partial charge on any atom is 0.352 e. The van der Waals surface area contributed by atoms with Crippen LogP contribution in [-0.2, 0) is 4.74 Å². The third-order valence-corrected chi connectivity index (χ3v) is 9.12. The quantitative estimate of drug-likeness (QED) is 0.777. The SMILES string of the molecule is O=c1n(-c2ccccc2)c(=O)n2n1[C@@H]1[C@H]3C4C5[C@@]16CCOCC[C@]56[C@H]2[C@@H]43. The first-order chi connectivity index (χ1) is 12.7. The Morgan fingerprint density at radius 2 is 1.42 bits per heavy atom. The predicted molar refractivity (Wildman–Crippen MR) is 91.2 cm³/mol. The van der Waals surface area contributed by atoms with Crippen molar-refractivity contribution in [3.8, 4) is 5.69 Å². The van der Waals surface area contributed by atoms with Crippen LogP contribution in [-0.4, -0.2) is 27.1 Å². The van der Waals surface area contributed by atoms with E-state index in [0.717, 1.165) is 37.9 Å². The number of nitrogens with zero attached hydrogens (tertiary/aromatic N) is 3. The Labute approximate surface area is 149 Å². The zero-order valence-electron chi connectivity index (χ0n) is 14.2. The highest BCUT2D eigenvalue weighted by molar-refractivity contribution is 5.49. The van der Waals surface area contributed by atoms with Gasteiger partial charge in [-0.2, -0.15) is 0 Å². The molecule has 7 aliphatic rings. The second-order valence-electron chi connectivity index (χ2n) is 9.22. The van der Waals surface area contributed by atoms with Gasteiger partial charge >= 0.3 is 11.4 Å². The van der Waals surface area contributed by atoms with Gasteiger partial charge in [-0.1, -0.05) is 18.2 Å². The molecule has 0 N–H and O–H groups in total. The van der Waals surface area contributed by atoms with Crippen molar-refractivity contribution in [3.63, 3.8) is 0 Å². The van der Waals surface area contributed by atoms with Gasteiger partial charge in [0.25, 0.3) is 0 Å². The third-order valence-electron chi connectivity index (χ3n) is 9.12. The number of ether oxygens (including phenoxy) is 1. The summed E-state index contributed by atoms with van der Waals surface area (Å²) in [7, 11) is 0. The van der Waals surface area contributed by atoms with Crippen molar-refractivity contribution in [3.05, 3.63) is 51.3 Å². The first-order valence-corrected chi connectivity index (χ1v) is 9.84. The van der Waals surface area contributed by atoms with E-state index >= 15 is 0 Å². The molecule has 0 amide bonds. The maximum absolute atomic E-state index is 13.4. The average Bonchev–Trinajstić information content (AvgIpc) is 3.42. The summed E-state index contributed by atoms with van der Waals surface area (Å²) in [6.45, 7) is 1.62. The summed E-state index contributed by atoms with van der Waals surface area (Å²) in [5.41, 5.74) is 0.876. The summed E-state index contributed by atoms with van der Waals surface area (Å²) in [6, 6.07) is 9.83. The van der Waals surface area contributed by atoms with Gasteiger partial charge < -0.3 is 4.74 Å². The van der Waals surface area contributed by atoms with Crippen LogP contribution in [0.3, 0.4) is 0 Å². The first-order valence-electron chi connectivity index (χ1n) is 9.84. The maximum atomic E-state index is 13.4. The number of aromatic nitrogens is 3.